The quantitative estimate of drug-likeness (QED) is 0.753. The molecule has 0 amide bonds. The predicted octanol–water partition coefficient (Wildman–Crippen LogP) is 3.92. The summed E-state index contributed by atoms with van der Waals surface area (Å²) >= 11 is 0. The minimum Gasteiger partial charge on any atom is -0.396 e. The number of anilines is 2. The molecule has 0 atom stereocenters. The first-order chi connectivity index (χ1) is 9.79. The van der Waals surface area contributed by atoms with E-state index in [0.29, 0.717) is 5.69 Å². The van der Waals surface area contributed by atoms with Crippen LogP contribution in [-0.2, 0) is 0 Å². The van der Waals surface area contributed by atoms with Crippen molar-refractivity contribution in [2.75, 3.05) is 17.6 Å². The van der Waals surface area contributed by atoms with Crippen LogP contribution in [0.2, 0.25) is 0 Å². The van der Waals surface area contributed by atoms with E-state index in [2.05, 4.69) is 41.5 Å². The topological polar surface area (TPSA) is 50.9 Å². The molecule has 0 spiro atoms. The molecule has 1 aromatic heterocycles. The molecule has 0 radical (unpaired) electrons. The third-order valence-corrected chi connectivity index (χ3v) is 3.36. The molecule has 3 aromatic rings. The minimum absolute atomic E-state index is 0.685. The highest BCUT2D eigenvalue weighted by Gasteiger charge is 2.07. The number of nitrogens with one attached hydrogen (secondary N) is 1. The fourth-order valence-electron chi connectivity index (χ4n) is 2.39. The van der Waals surface area contributed by atoms with E-state index in [0.717, 1.165) is 23.1 Å². The van der Waals surface area contributed by atoms with Gasteiger partial charge in [0.25, 0.3) is 0 Å². The number of nitrogen functional groups attached to an aromatic ring is 1. The molecule has 0 aliphatic rings. The Labute approximate surface area is 118 Å². The number of pyridine rings is 1. The number of nitrogens with zero attached hydrogens (tertiary/aromatic N) is 1. The largest absolute Gasteiger partial charge is 0.396 e. The maximum absolute atomic E-state index is 6.04. The summed E-state index contributed by atoms with van der Waals surface area (Å²) < 4.78 is 0. The summed E-state index contributed by atoms with van der Waals surface area (Å²) in [6, 6.07) is 16.6. The zero-order chi connectivity index (χ0) is 13.9. The van der Waals surface area contributed by atoms with Crippen LogP contribution in [0.25, 0.3) is 22.0 Å². The fourth-order valence-corrected chi connectivity index (χ4v) is 2.39. The smallest absolute Gasteiger partial charge is 0.0743 e. The summed E-state index contributed by atoms with van der Waals surface area (Å²) in [7, 11) is 0. The fraction of sp³-hybridized carbons (Fsp3) is 0.118. The van der Waals surface area contributed by atoms with Gasteiger partial charge in [0.05, 0.1) is 23.1 Å². The maximum atomic E-state index is 6.04. The van der Waals surface area contributed by atoms with Crippen molar-refractivity contribution in [3.63, 3.8) is 0 Å². The molecule has 3 N–H and O–H groups in total. The van der Waals surface area contributed by atoms with Gasteiger partial charge < -0.3 is 11.1 Å². The number of benzene rings is 2. The van der Waals surface area contributed by atoms with E-state index in [4.69, 9.17) is 5.73 Å². The summed E-state index contributed by atoms with van der Waals surface area (Å²) in [6.45, 7) is 2.89. The number of fused-ring (bicyclic) bond motifs is 1. The van der Waals surface area contributed by atoms with Crippen molar-refractivity contribution in [2.45, 2.75) is 6.92 Å². The van der Waals surface area contributed by atoms with Crippen LogP contribution in [0.1, 0.15) is 6.92 Å². The van der Waals surface area contributed by atoms with Crippen molar-refractivity contribution in [2.24, 2.45) is 0 Å². The lowest BCUT2D eigenvalue weighted by Gasteiger charge is -2.12. The Morgan fingerprint density at radius 2 is 1.85 bits per heavy atom. The highest BCUT2D eigenvalue weighted by Crippen LogP contribution is 2.31. The van der Waals surface area contributed by atoms with E-state index in [1.165, 1.54) is 11.1 Å². The molecule has 0 aliphatic carbocycles. The van der Waals surface area contributed by atoms with Gasteiger partial charge in [0.2, 0.25) is 0 Å². The van der Waals surface area contributed by atoms with Crippen molar-refractivity contribution in [1.29, 1.82) is 0 Å². The Hall–Kier alpha value is -2.55. The Morgan fingerprint density at radius 3 is 2.60 bits per heavy atom. The van der Waals surface area contributed by atoms with Crippen LogP contribution in [-0.4, -0.2) is 11.5 Å². The van der Waals surface area contributed by atoms with Gasteiger partial charge in [0.15, 0.2) is 0 Å². The second-order valence-corrected chi connectivity index (χ2v) is 4.72. The molecule has 0 fully saturated rings. The van der Waals surface area contributed by atoms with Gasteiger partial charge in [-0.15, -0.1) is 0 Å². The summed E-state index contributed by atoms with van der Waals surface area (Å²) in [5, 5.41) is 4.40. The molecule has 100 valence electrons. The van der Waals surface area contributed by atoms with Gasteiger partial charge in [-0.1, -0.05) is 36.4 Å². The van der Waals surface area contributed by atoms with Gasteiger partial charge in [-0.05, 0) is 30.2 Å². The standard InChI is InChI=1S/C17H17N3/c1-2-19-17-14-10-13(12-6-4-3-5-7-12)8-9-16(14)20-11-15(17)18/h3-11H,2,18H2,1H3,(H,19,20). The van der Waals surface area contributed by atoms with Crippen molar-refractivity contribution in [3.8, 4) is 11.1 Å². The van der Waals surface area contributed by atoms with Gasteiger partial charge in [0, 0.05) is 11.9 Å². The molecule has 1 heterocycles. The summed E-state index contributed by atoms with van der Waals surface area (Å²) in [5.74, 6) is 0. The molecule has 0 saturated heterocycles. The van der Waals surface area contributed by atoms with E-state index in [1.807, 2.05) is 24.3 Å². The molecule has 3 rings (SSSR count). The molecule has 0 unspecified atom stereocenters. The van der Waals surface area contributed by atoms with E-state index in [-0.39, 0.29) is 0 Å². The normalized spacial score (nSPS) is 10.7. The molecule has 0 bridgehead atoms. The first-order valence-electron chi connectivity index (χ1n) is 6.77. The third kappa shape index (κ3) is 2.18. The van der Waals surface area contributed by atoms with E-state index in [9.17, 15) is 0 Å². The van der Waals surface area contributed by atoms with Crippen LogP contribution in [0.15, 0.2) is 54.7 Å². The second kappa shape index (κ2) is 5.21. The highest BCUT2D eigenvalue weighted by molar-refractivity contribution is 5.99. The van der Waals surface area contributed by atoms with E-state index >= 15 is 0 Å². The van der Waals surface area contributed by atoms with E-state index < -0.39 is 0 Å². The zero-order valence-electron chi connectivity index (χ0n) is 11.4. The molecule has 20 heavy (non-hydrogen) atoms. The minimum atomic E-state index is 0.685. The second-order valence-electron chi connectivity index (χ2n) is 4.72. The highest BCUT2D eigenvalue weighted by atomic mass is 14.9. The van der Waals surface area contributed by atoms with Crippen LogP contribution in [0, 0.1) is 0 Å². The van der Waals surface area contributed by atoms with Crippen LogP contribution in [0.4, 0.5) is 11.4 Å². The Bertz CT molecular complexity index is 736. The Kier molecular flexibility index (Phi) is 3.25. The summed E-state index contributed by atoms with van der Waals surface area (Å²) in [6.07, 6.45) is 1.71. The van der Waals surface area contributed by atoms with Crippen molar-refractivity contribution >= 4 is 22.3 Å². The van der Waals surface area contributed by atoms with Crippen molar-refractivity contribution in [3.05, 3.63) is 54.7 Å². The Balaban J connectivity index is 2.21. The number of rotatable bonds is 3. The molecule has 3 nitrogen and oxygen atoms in total. The lowest BCUT2D eigenvalue weighted by Crippen LogP contribution is -2.02. The van der Waals surface area contributed by atoms with Crippen molar-refractivity contribution < 1.29 is 0 Å². The molecule has 0 aliphatic heterocycles. The van der Waals surface area contributed by atoms with Gasteiger partial charge in [-0.25, -0.2) is 0 Å². The molecule has 0 saturated carbocycles. The number of aromatic nitrogens is 1. The first kappa shape index (κ1) is 12.5. The van der Waals surface area contributed by atoms with E-state index in [1.54, 1.807) is 6.20 Å². The SMILES string of the molecule is CCNc1c(N)cnc2ccc(-c3ccccc3)cc12. The summed E-state index contributed by atoms with van der Waals surface area (Å²) in [5.41, 5.74) is 11.0. The average molecular weight is 263 g/mol. The molecule has 2 aromatic carbocycles. The van der Waals surface area contributed by atoms with Crippen LogP contribution < -0.4 is 11.1 Å². The lowest BCUT2D eigenvalue weighted by atomic mass is 10.0. The van der Waals surface area contributed by atoms with Gasteiger partial charge in [0.1, 0.15) is 0 Å². The summed E-state index contributed by atoms with van der Waals surface area (Å²) in [4.78, 5) is 4.39. The molecular weight excluding hydrogens is 246 g/mol. The predicted molar refractivity (Wildman–Crippen MR) is 85.8 cm³/mol. The monoisotopic (exact) mass is 263 g/mol. The maximum Gasteiger partial charge on any atom is 0.0743 e. The number of hydrogen-bond donors (Lipinski definition) is 2. The average Bonchev–Trinajstić information content (AvgIpc) is 2.51. The lowest BCUT2D eigenvalue weighted by molar-refractivity contribution is 1.22. The van der Waals surface area contributed by atoms with Crippen LogP contribution >= 0.6 is 0 Å². The zero-order valence-corrected chi connectivity index (χ0v) is 11.4. The van der Waals surface area contributed by atoms with Crippen LogP contribution in [0.5, 0.6) is 0 Å². The third-order valence-electron chi connectivity index (χ3n) is 3.36. The van der Waals surface area contributed by atoms with Gasteiger partial charge in [-0.2, -0.15) is 0 Å². The molecule has 3 heteroatoms. The van der Waals surface area contributed by atoms with Crippen molar-refractivity contribution in [1.82, 2.24) is 4.98 Å². The Morgan fingerprint density at radius 1 is 1.05 bits per heavy atom. The first-order valence-corrected chi connectivity index (χ1v) is 6.77. The number of hydrogen-bond acceptors (Lipinski definition) is 3. The molecular formula is C17H17N3. The van der Waals surface area contributed by atoms with Gasteiger partial charge in [-0.3, -0.25) is 4.98 Å². The van der Waals surface area contributed by atoms with Gasteiger partial charge >= 0.3 is 0 Å². The van der Waals surface area contributed by atoms with Crippen LogP contribution in [0.3, 0.4) is 0 Å². The number of nitrogens with two attached hydrogens (primary N) is 1.